The van der Waals surface area contributed by atoms with Crippen molar-refractivity contribution in [3.05, 3.63) is 70.4 Å². The third-order valence-corrected chi connectivity index (χ3v) is 5.47. The second-order valence-electron chi connectivity index (χ2n) is 7.37. The Bertz CT molecular complexity index is 911. The first-order valence-corrected chi connectivity index (χ1v) is 9.02. The highest BCUT2D eigenvalue weighted by Crippen LogP contribution is 2.35. The fourth-order valence-electron chi connectivity index (χ4n) is 4.24. The highest BCUT2D eigenvalue weighted by Gasteiger charge is 2.23. The lowest BCUT2D eigenvalue weighted by molar-refractivity contribution is 0.310. The van der Waals surface area contributed by atoms with Crippen LogP contribution in [-0.4, -0.2) is 23.1 Å². The number of nitrogens with zero attached hydrogens (tertiary/aromatic N) is 2. The van der Waals surface area contributed by atoms with Gasteiger partial charge in [-0.25, -0.2) is 4.39 Å². The summed E-state index contributed by atoms with van der Waals surface area (Å²) < 4.78 is 17.2. The first-order chi connectivity index (χ1) is 12.0. The molecule has 25 heavy (non-hydrogen) atoms. The number of alkyl halides is 1. The van der Waals surface area contributed by atoms with Gasteiger partial charge < -0.3 is 9.47 Å². The highest BCUT2D eigenvalue weighted by molar-refractivity contribution is 5.89. The van der Waals surface area contributed by atoms with Gasteiger partial charge in [-0.3, -0.25) is 0 Å². The zero-order valence-corrected chi connectivity index (χ0v) is 15.2. The van der Waals surface area contributed by atoms with E-state index in [0.29, 0.717) is 6.42 Å². The van der Waals surface area contributed by atoms with Gasteiger partial charge in [0.25, 0.3) is 0 Å². The molecule has 0 aliphatic carbocycles. The van der Waals surface area contributed by atoms with Crippen molar-refractivity contribution >= 4 is 10.9 Å². The molecule has 0 fully saturated rings. The number of rotatable bonds is 3. The van der Waals surface area contributed by atoms with Crippen LogP contribution in [0.25, 0.3) is 10.9 Å². The Labute approximate surface area is 148 Å². The molecule has 2 aromatic carbocycles. The molecule has 3 aromatic rings. The summed E-state index contributed by atoms with van der Waals surface area (Å²) in [5.41, 5.74) is 7.14. The summed E-state index contributed by atoms with van der Waals surface area (Å²) in [6.45, 7) is 4.18. The van der Waals surface area contributed by atoms with Crippen LogP contribution >= 0.6 is 0 Å². The van der Waals surface area contributed by atoms with Crippen LogP contribution < -0.4 is 0 Å². The summed E-state index contributed by atoms with van der Waals surface area (Å²) in [5, 5.41) is 1.30. The molecule has 3 heteroatoms. The van der Waals surface area contributed by atoms with Crippen molar-refractivity contribution in [2.24, 2.45) is 7.05 Å². The molecule has 1 aromatic heterocycles. The standard InChI is InChI=1S/C22H25FN2/c1-15-11-17(13-20(23)16-7-5-4-6-8-16)22-18(12-15)19-14-24(2)10-9-21(19)25(22)3/h4-8,11-12,20H,9-10,13-14H2,1-3H3. The second-order valence-corrected chi connectivity index (χ2v) is 7.37. The highest BCUT2D eigenvalue weighted by atomic mass is 19.1. The molecule has 0 N–H and O–H groups in total. The van der Waals surface area contributed by atoms with Crippen molar-refractivity contribution in [1.29, 1.82) is 0 Å². The molecular weight excluding hydrogens is 311 g/mol. The zero-order valence-electron chi connectivity index (χ0n) is 15.2. The summed E-state index contributed by atoms with van der Waals surface area (Å²) >= 11 is 0. The average Bonchev–Trinajstić information content (AvgIpc) is 2.87. The van der Waals surface area contributed by atoms with E-state index in [9.17, 15) is 4.39 Å². The molecule has 0 radical (unpaired) electrons. The molecule has 1 atom stereocenters. The van der Waals surface area contributed by atoms with Gasteiger partial charge in [0.1, 0.15) is 6.17 Å². The lowest BCUT2D eigenvalue weighted by Crippen LogP contribution is -2.26. The lowest BCUT2D eigenvalue weighted by Gasteiger charge is -2.23. The number of fused-ring (bicyclic) bond motifs is 3. The Hall–Kier alpha value is -2.13. The van der Waals surface area contributed by atoms with Crippen LogP contribution in [0.5, 0.6) is 0 Å². The van der Waals surface area contributed by atoms with E-state index in [1.54, 1.807) is 0 Å². The SMILES string of the molecule is Cc1cc(CC(F)c2ccccc2)c2c(c1)c1c(n2C)CCN(C)C1. The number of benzene rings is 2. The Morgan fingerprint density at radius 1 is 1.12 bits per heavy atom. The number of halogens is 1. The first kappa shape index (κ1) is 16.3. The Kier molecular flexibility index (Phi) is 4.12. The van der Waals surface area contributed by atoms with Gasteiger partial charge in [0, 0.05) is 44.1 Å². The van der Waals surface area contributed by atoms with Crippen molar-refractivity contribution in [2.45, 2.75) is 32.5 Å². The molecule has 4 rings (SSSR count). The fourth-order valence-corrected chi connectivity index (χ4v) is 4.24. The second kappa shape index (κ2) is 6.30. The van der Waals surface area contributed by atoms with E-state index in [4.69, 9.17) is 0 Å². The van der Waals surface area contributed by atoms with Gasteiger partial charge in [0.05, 0.1) is 5.52 Å². The van der Waals surface area contributed by atoms with Crippen LogP contribution in [0.3, 0.4) is 0 Å². The van der Waals surface area contributed by atoms with Gasteiger partial charge in [-0.05, 0) is 36.7 Å². The van der Waals surface area contributed by atoms with Gasteiger partial charge in [0.2, 0.25) is 0 Å². The Balaban J connectivity index is 1.82. The smallest absolute Gasteiger partial charge is 0.129 e. The third-order valence-electron chi connectivity index (χ3n) is 5.47. The molecule has 2 heterocycles. The number of hydrogen-bond acceptors (Lipinski definition) is 1. The topological polar surface area (TPSA) is 8.17 Å². The van der Waals surface area contributed by atoms with Crippen molar-refractivity contribution in [1.82, 2.24) is 9.47 Å². The molecule has 0 amide bonds. The minimum atomic E-state index is -0.971. The van der Waals surface area contributed by atoms with Gasteiger partial charge in [-0.1, -0.05) is 42.0 Å². The summed E-state index contributed by atoms with van der Waals surface area (Å²) in [6, 6.07) is 13.9. The van der Waals surface area contributed by atoms with Crippen LogP contribution in [0.15, 0.2) is 42.5 Å². The minimum Gasteiger partial charge on any atom is -0.347 e. The number of likely N-dealkylation sites (N-methyl/N-ethyl adjacent to an activating group) is 1. The van der Waals surface area contributed by atoms with E-state index >= 15 is 0 Å². The zero-order chi connectivity index (χ0) is 17.6. The Morgan fingerprint density at radius 2 is 1.88 bits per heavy atom. The number of aryl methyl sites for hydroxylation is 2. The predicted octanol–water partition coefficient (Wildman–Crippen LogP) is 4.73. The first-order valence-electron chi connectivity index (χ1n) is 9.02. The van der Waals surface area contributed by atoms with E-state index in [0.717, 1.165) is 30.6 Å². The largest absolute Gasteiger partial charge is 0.347 e. The van der Waals surface area contributed by atoms with Crippen LogP contribution in [0.1, 0.15) is 34.1 Å². The molecule has 0 saturated heterocycles. The Morgan fingerprint density at radius 3 is 2.64 bits per heavy atom. The summed E-state index contributed by atoms with van der Waals surface area (Å²) in [4.78, 5) is 2.37. The van der Waals surface area contributed by atoms with Gasteiger partial charge in [-0.15, -0.1) is 0 Å². The van der Waals surface area contributed by atoms with E-state index in [-0.39, 0.29) is 0 Å². The minimum absolute atomic E-state index is 0.425. The molecule has 1 aliphatic rings. The molecular formula is C22H25FN2. The summed E-state index contributed by atoms with van der Waals surface area (Å²) in [7, 11) is 4.31. The monoisotopic (exact) mass is 336 g/mol. The van der Waals surface area contributed by atoms with Crippen LogP contribution in [0.2, 0.25) is 0 Å². The summed E-state index contributed by atoms with van der Waals surface area (Å²) in [6.07, 6.45) is 0.517. The predicted molar refractivity (Wildman–Crippen MR) is 102 cm³/mol. The van der Waals surface area contributed by atoms with E-state index in [2.05, 4.69) is 42.6 Å². The van der Waals surface area contributed by atoms with Gasteiger partial charge >= 0.3 is 0 Å². The maximum Gasteiger partial charge on any atom is 0.129 e. The molecule has 130 valence electrons. The van der Waals surface area contributed by atoms with Crippen LogP contribution in [-0.2, 0) is 26.4 Å². The number of hydrogen-bond donors (Lipinski definition) is 0. The van der Waals surface area contributed by atoms with Crippen LogP contribution in [0, 0.1) is 6.92 Å². The molecule has 1 aliphatic heterocycles. The van der Waals surface area contributed by atoms with E-state index < -0.39 is 6.17 Å². The molecule has 0 spiro atoms. The van der Waals surface area contributed by atoms with Gasteiger partial charge in [0.15, 0.2) is 0 Å². The van der Waals surface area contributed by atoms with Crippen LogP contribution in [0.4, 0.5) is 4.39 Å². The average molecular weight is 336 g/mol. The third kappa shape index (κ3) is 2.87. The maximum atomic E-state index is 14.9. The lowest BCUT2D eigenvalue weighted by atomic mass is 9.97. The molecule has 0 saturated carbocycles. The number of aromatic nitrogens is 1. The van der Waals surface area contributed by atoms with Crippen molar-refractivity contribution in [2.75, 3.05) is 13.6 Å². The van der Waals surface area contributed by atoms with E-state index in [1.807, 2.05) is 30.3 Å². The van der Waals surface area contributed by atoms with Crippen molar-refractivity contribution < 1.29 is 4.39 Å². The van der Waals surface area contributed by atoms with E-state index in [1.165, 1.54) is 27.7 Å². The molecule has 0 bridgehead atoms. The summed E-state index contributed by atoms with van der Waals surface area (Å²) in [5.74, 6) is 0. The fraction of sp³-hybridized carbons (Fsp3) is 0.364. The quantitative estimate of drug-likeness (QED) is 0.671. The maximum absolute atomic E-state index is 14.9. The van der Waals surface area contributed by atoms with Crippen molar-refractivity contribution in [3.8, 4) is 0 Å². The normalized spacial score (nSPS) is 16.2. The molecule has 2 nitrogen and oxygen atoms in total. The molecule has 1 unspecified atom stereocenters. The van der Waals surface area contributed by atoms with Crippen molar-refractivity contribution in [3.63, 3.8) is 0 Å². The van der Waals surface area contributed by atoms with Gasteiger partial charge in [-0.2, -0.15) is 0 Å².